The maximum atomic E-state index is 11.1. The van der Waals surface area contributed by atoms with Crippen LogP contribution >= 0.6 is 0 Å². The highest BCUT2D eigenvalue weighted by atomic mass is 32.2. The Morgan fingerprint density at radius 2 is 1.95 bits per heavy atom. The fourth-order valence-corrected chi connectivity index (χ4v) is 3.22. The molecule has 0 N–H and O–H groups in total. The highest BCUT2D eigenvalue weighted by Crippen LogP contribution is 2.19. The van der Waals surface area contributed by atoms with Crippen LogP contribution in [0.1, 0.15) is 31.1 Å². The first-order chi connectivity index (χ1) is 9.85. The molecule has 1 fully saturated rings. The van der Waals surface area contributed by atoms with Crippen LogP contribution in [0.3, 0.4) is 0 Å². The van der Waals surface area contributed by atoms with Gasteiger partial charge in [0.25, 0.3) is 0 Å². The Morgan fingerprint density at radius 3 is 2.48 bits per heavy atom. The molecule has 1 saturated heterocycles. The summed E-state index contributed by atoms with van der Waals surface area (Å²) < 4.78 is 27.5. The lowest BCUT2D eigenvalue weighted by Crippen LogP contribution is -2.47. The molecule has 1 aromatic heterocycles. The normalized spacial score (nSPS) is 19.8. The van der Waals surface area contributed by atoms with E-state index in [1.165, 1.54) is 6.26 Å². The number of sulfone groups is 1. The molecule has 1 atom stereocenters. The minimum Gasteiger partial charge on any atom is -0.338 e. The molecule has 0 bridgehead atoms. The molecular formula is C13H24N4O3S. The Balaban J connectivity index is 1.75. The van der Waals surface area contributed by atoms with Crippen LogP contribution in [-0.4, -0.2) is 73.1 Å². The molecule has 1 aliphatic rings. The molecule has 21 heavy (non-hydrogen) atoms. The van der Waals surface area contributed by atoms with Crippen molar-refractivity contribution in [2.24, 2.45) is 0 Å². The van der Waals surface area contributed by atoms with E-state index in [1.54, 1.807) is 0 Å². The summed E-state index contributed by atoms with van der Waals surface area (Å²) in [6.07, 6.45) is 2.00. The Hall–Kier alpha value is -0.990. The molecule has 0 aromatic carbocycles. The van der Waals surface area contributed by atoms with Crippen molar-refractivity contribution >= 4 is 9.84 Å². The fraction of sp³-hybridized carbons (Fsp3) is 0.846. The molecule has 0 saturated carbocycles. The molecule has 2 rings (SSSR count). The monoisotopic (exact) mass is 316 g/mol. The zero-order valence-electron chi connectivity index (χ0n) is 12.9. The predicted octanol–water partition coefficient (Wildman–Crippen LogP) is 0.491. The van der Waals surface area contributed by atoms with Crippen LogP contribution in [0.15, 0.2) is 4.52 Å². The topological polar surface area (TPSA) is 79.5 Å². The van der Waals surface area contributed by atoms with Gasteiger partial charge in [0.05, 0.1) is 11.8 Å². The van der Waals surface area contributed by atoms with Crippen molar-refractivity contribution < 1.29 is 12.9 Å². The first-order valence-electron chi connectivity index (χ1n) is 7.29. The van der Waals surface area contributed by atoms with Crippen LogP contribution < -0.4 is 0 Å². The lowest BCUT2D eigenvalue weighted by atomic mass is 10.2. The van der Waals surface area contributed by atoms with Crippen molar-refractivity contribution in [3.8, 4) is 0 Å². The first-order valence-corrected chi connectivity index (χ1v) is 9.35. The average Bonchev–Trinajstić information content (AvgIpc) is 2.84. The first kappa shape index (κ1) is 16.4. The minimum absolute atomic E-state index is 0.129. The van der Waals surface area contributed by atoms with E-state index >= 15 is 0 Å². The number of hydrogen-bond donors (Lipinski definition) is 0. The molecule has 1 unspecified atom stereocenters. The number of hydrogen-bond acceptors (Lipinski definition) is 7. The van der Waals surface area contributed by atoms with Gasteiger partial charge in [0.15, 0.2) is 5.82 Å². The zero-order valence-corrected chi connectivity index (χ0v) is 13.8. The largest absolute Gasteiger partial charge is 0.338 e. The lowest BCUT2D eigenvalue weighted by molar-refractivity contribution is 0.0885. The quantitative estimate of drug-likeness (QED) is 0.755. The van der Waals surface area contributed by atoms with Gasteiger partial charge in [-0.1, -0.05) is 5.16 Å². The van der Waals surface area contributed by atoms with E-state index in [2.05, 4.69) is 26.9 Å². The van der Waals surface area contributed by atoms with Crippen molar-refractivity contribution in [1.29, 1.82) is 0 Å². The molecule has 1 aliphatic heterocycles. The highest BCUT2D eigenvalue weighted by molar-refractivity contribution is 7.90. The van der Waals surface area contributed by atoms with Crippen LogP contribution in [0, 0.1) is 6.92 Å². The second kappa shape index (κ2) is 6.85. The lowest BCUT2D eigenvalue weighted by Gasteiger charge is -2.36. The Labute approximate surface area is 126 Å². The summed E-state index contributed by atoms with van der Waals surface area (Å²) in [4.78, 5) is 8.91. The summed E-state index contributed by atoms with van der Waals surface area (Å²) in [5, 5.41) is 3.83. The summed E-state index contributed by atoms with van der Waals surface area (Å²) in [6.45, 7) is 8.49. The van der Waals surface area contributed by atoms with Gasteiger partial charge in [0, 0.05) is 32.4 Å². The van der Waals surface area contributed by atoms with E-state index in [0.29, 0.717) is 18.1 Å². The fourth-order valence-electron chi connectivity index (χ4n) is 2.56. The predicted molar refractivity (Wildman–Crippen MR) is 79.8 cm³/mol. The average molecular weight is 316 g/mol. The van der Waals surface area contributed by atoms with Crippen LogP contribution in [0.25, 0.3) is 0 Å². The molecule has 120 valence electrons. The van der Waals surface area contributed by atoms with E-state index in [0.717, 1.165) is 32.7 Å². The van der Waals surface area contributed by atoms with E-state index in [4.69, 9.17) is 4.52 Å². The van der Waals surface area contributed by atoms with Gasteiger partial charge >= 0.3 is 0 Å². The van der Waals surface area contributed by atoms with Crippen molar-refractivity contribution in [3.05, 3.63) is 11.7 Å². The molecule has 1 aromatic rings. The number of rotatable bonds is 6. The Morgan fingerprint density at radius 1 is 1.29 bits per heavy atom. The van der Waals surface area contributed by atoms with Gasteiger partial charge in [-0.05, 0) is 26.8 Å². The minimum atomic E-state index is -2.85. The molecule has 7 nitrogen and oxygen atoms in total. The number of aromatic nitrogens is 2. The molecule has 0 amide bonds. The molecule has 2 heterocycles. The number of nitrogens with zero attached hydrogens (tertiary/aromatic N) is 4. The second-order valence-electron chi connectivity index (χ2n) is 5.72. The second-order valence-corrected chi connectivity index (χ2v) is 7.98. The highest BCUT2D eigenvalue weighted by Gasteiger charge is 2.25. The van der Waals surface area contributed by atoms with Crippen molar-refractivity contribution in [2.75, 3.05) is 44.7 Å². The number of piperazine rings is 1. The number of aryl methyl sites for hydroxylation is 1. The summed E-state index contributed by atoms with van der Waals surface area (Å²) in [6, 6.07) is 0.129. The van der Waals surface area contributed by atoms with Gasteiger partial charge in [0.1, 0.15) is 9.84 Å². The summed E-state index contributed by atoms with van der Waals surface area (Å²) >= 11 is 0. The van der Waals surface area contributed by atoms with Gasteiger partial charge in [-0.25, -0.2) is 8.42 Å². The summed E-state index contributed by atoms with van der Waals surface area (Å²) in [5.74, 6) is 1.60. The Kier molecular flexibility index (Phi) is 5.34. The van der Waals surface area contributed by atoms with E-state index in [1.807, 2.05) is 6.92 Å². The summed E-state index contributed by atoms with van der Waals surface area (Å²) in [7, 11) is -2.85. The van der Waals surface area contributed by atoms with E-state index in [-0.39, 0.29) is 11.8 Å². The standard InChI is InChI=1S/C13H24N4O3S/c1-11(13-14-12(2)15-20-13)17-8-6-16(7-9-17)5-4-10-21(3,18)19/h11H,4-10H2,1-3H3. The third-order valence-electron chi connectivity index (χ3n) is 3.84. The van der Waals surface area contributed by atoms with Crippen LogP contribution in [0.5, 0.6) is 0 Å². The van der Waals surface area contributed by atoms with Crippen LogP contribution in [0.4, 0.5) is 0 Å². The van der Waals surface area contributed by atoms with Crippen LogP contribution in [0.2, 0.25) is 0 Å². The Bertz CT molecular complexity index is 550. The SMILES string of the molecule is Cc1noc(C(C)N2CCN(CCCS(C)(=O)=O)CC2)n1. The van der Waals surface area contributed by atoms with Gasteiger partial charge in [-0.2, -0.15) is 4.98 Å². The zero-order chi connectivity index (χ0) is 15.5. The summed E-state index contributed by atoms with van der Waals surface area (Å²) in [5.41, 5.74) is 0. The third kappa shape index (κ3) is 5.05. The maximum Gasteiger partial charge on any atom is 0.243 e. The molecule has 0 radical (unpaired) electrons. The van der Waals surface area contributed by atoms with Gasteiger partial charge in [0.2, 0.25) is 5.89 Å². The smallest absolute Gasteiger partial charge is 0.243 e. The van der Waals surface area contributed by atoms with Crippen molar-refractivity contribution in [1.82, 2.24) is 19.9 Å². The molecule has 0 aliphatic carbocycles. The van der Waals surface area contributed by atoms with E-state index < -0.39 is 9.84 Å². The van der Waals surface area contributed by atoms with Gasteiger partial charge < -0.3 is 9.42 Å². The van der Waals surface area contributed by atoms with Gasteiger partial charge in [-0.3, -0.25) is 4.90 Å². The van der Waals surface area contributed by atoms with E-state index in [9.17, 15) is 8.42 Å². The molecule has 0 spiro atoms. The third-order valence-corrected chi connectivity index (χ3v) is 4.88. The van der Waals surface area contributed by atoms with Gasteiger partial charge in [-0.15, -0.1) is 0 Å². The van der Waals surface area contributed by atoms with Crippen LogP contribution in [-0.2, 0) is 9.84 Å². The molecule has 8 heteroatoms. The van der Waals surface area contributed by atoms with Crippen molar-refractivity contribution in [2.45, 2.75) is 26.3 Å². The maximum absolute atomic E-state index is 11.1. The van der Waals surface area contributed by atoms with Crippen molar-refractivity contribution in [3.63, 3.8) is 0 Å². The molecular weight excluding hydrogens is 292 g/mol.